The molecule has 0 radical (unpaired) electrons. The molecule has 0 aliphatic heterocycles. The minimum Gasteiger partial charge on any atom is -0.424 e. The molecule has 0 spiro atoms. The van der Waals surface area contributed by atoms with Gasteiger partial charge in [-0.05, 0) is 12.1 Å². The van der Waals surface area contributed by atoms with Crippen LogP contribution in [0, 0.1) is 6.92 Å². The quantitative estimate of drug-likeness (QED) is 0.659. The molecule has 5 nitrogen and oxygen atoms in total. The Balaban J connectivity index is 2.05. The summed E-state index contributed by atoms with van der Waals surface area (Å²) in [5.41, 5.74) is 1.67. The van der Waals surface area contributed by atoms with Gasteiger partial charge in [0.25, 0.3) is 0 Å². The number of rotatable bonds is 3. The lowest BCUT2D eigenvalue weighted by atomic mass is 10.1. The van der Waals surface area contributed by atoms with Crippen LogP contribution < -0.4 is 0 Å². The molecule has 90 valence electrons. The molecule has 2 heterocycles. The van der Waals surface area contributed by atoms with Crippen molar-refractivity contribution in [3.8, 4) is 0 Å². The van der Waals surface area contributed by atoms with E-state index in [0.717, 1.165) is 17.2 Å². The van der Waals surface area contributed by atoms with E-state index in [1.54, 1.807) is 13.0 Å². The van der Waals surface area contributed by atoms with E-state index in [-0.39, 0.29) is 0 Å². The maximum atomic E-state index is 10.9. The predicted molar refractivity (Wildman–Crippen MR) is 65.5 cm³/mol. The molecule has 3 rings (SSSR count). The van der Waals surface area contributed by atoms with Crippen LogP contribution in [0.4, 0.5) is 0 Å². The number of aldehydes is 1. The van der Waals surface area contributed by atoms with E-state index in [1.807, 2.05) is 29.0 Å². The summed E-state index contributed by atoms with van der Waals surface area (Å²) in [5, 5.41) is 8.69. The van der Waals surface area contributed by atoms with Gasteiger partial charge in [0.1, 0.15) is 6.54 Å². The molecular formula is C13H11N3O2. The largest absolute Gasteiger partial charge is 0.424 e. The fraction of sp³-hybridized carbons (Fsp3) is 0.154. The van der Waals surface area contributed by atoms with E-state index < -0.39 is 0 Å². The fourth-order valence-electron chi connectivity index (χ4n) is 2.04. The first kappa shape index (κ1) is 10.7. The summed E-state index contributed by atoms with van der Waals surface area (Å²) in [6.07, 6.45) is 2.78. The second kappa shape index (κ2) is 4.10. The first-order chi connectivity index (χ1) is 8.78. The van der Waals surface area contributed by atoms with Crippen molar-refractivity contribution in [3.63, 3.8) is 0 Å². The molecular weight excluding hydrogens is 230 g/mol. The highest BCUT2D eigenvalue weighted by molar-refractivity contribution is 5.97. The van der Waals surface area contributed by atoms with Gasteiger partial charge in [-0.25, -0.2) is 0 Å². The van der Waals surface area contributed by atoms with Crippen LogP contribution >= 0.6 is 0 Å². The van der Waals surface area contributed by atoms with Crippen molar-refractivity contribution in [1.82, 2.24) is 14.8 Å². The minimum absolute atomic E-state index is 0.507. The molecule has 5 heteroatoms. The molecule has 0 atom stereocenters. The Kier molecular flexibility index (Phi) is 2.44. The van der Waals surface area contributed by atoms with Crippen LogP contribution in [0.2, 0.25) is 0 Å². The normalized spacial score (nSPS) is 10.9. The average molecular weight is 241 g/mol. The molecule has 0 N–H and O–H groups in total. The number of fused-ring (bicyclic) bond motifs is 1. The first-order valence-corrected chi connectivity index (χ1v) is 5.60. The number of benzene rings is 1. The van der Waals surface area contributed by atoms with Crippen LogP contribution in [0.15, 0.2) is 34.9 Å². The Bertz CT molecular complexity index is 712. The highest BCUT2D eigenvalue weighted by Crippen LogP contribution is 2.19. The standard InChI is InChI=1S/C13H11N3O2/c1-9-14-15-13(18-9)7-16-6-5-11-10(8-17)3-2-4-12(11)16/h2-6,8H,7H2,1H3. The van der Waals surface area contributed by atoms with E-state index in [1.165, 1.54) is 0 Å². The van der Waals surface area contributed by atoms with Gasteiger partial charge in [-0.2, -0.15) is 0 Å². The van der Waals surface area contributed by atoms with Gasteiger partial charge >= 0.3 is 0 Å². The van der Waals surface area contributed by atoms with Crippen molar-refractivity contribution in [1.29, 1.82) is 0 Å². The lowest BCUT2D eigenvalue weighted by Crippen LogP contribution is -1.98. The number of aryl methyl sites for hydroxylation is 1. The Morgan fingerprint density at radius 2 is 2.22 bits per heavy atom. The third kappa shape index (κ3) is 1.69. The maximum Gasteiger partial charge on any atom is 0.236 e. The molecule has 2 aromatic heterocycles. The highest BCUT2D eigenvalue weighted by atomic mass is 16.4. The number of aromatic nitrogens is 3. The Morgan fingerprint density at radius 1 is 1.33 bits per heavy atom. The number of carbonyl (C=O) groups excluding carboxylic acids is 1. The molecule has 0 aliphatic rings. The summed E-state index contributed by atoms with van der Waals surface area (Å²) >= 11 is 0. The average Bonchev–Trinajstić information content (AvgIpc) is 2.97. The predicted octanol–water partition coefficient (Wildman–Crippen LogP) is 2.19. The summed E-state index contributed by atoms with van der Waals surface area (Å²) in [7, 11) is 0. The topological polar surface area (TPSA) is 60.9 Å². The van der Waals surface area contributed by atoms with E-state index in [9.17, 15) is 4.79 Å². The van der Waals surface area contributed by atoms with Crippen LogP contribution in [0.3, 0.4) is 0 Å². The van der Waals surface area contributed by atoms with Gasteiger partial charge in [-0.1, -0.05) is 12.1 Å². The van der Waals surface area contributed by atoms with Gasteiger partial charge in [0.2, 0.25) is 11.8 Å². The van der Waals surface area contributed by atoms with Gasteiger partial charge in [-0.15, -0.1) is 10.2 Å². The van der Waals surface area contributed by atoms with Crippen molar-refractivity contribution in [2.24, 2.45) is 0 Å². The third-order valence-electron chi connectivity index (χ3n) is 2.85. The Morgan fingerprint density at radius 3 is 2.94 bits per heavy atom. The van der Waals surface area contributed by atoms with E-state index in [4.69, 9.17) is 4.42 Å². The van der Waals surface area contributed by atoms with E-state index >= 15 is 0 Å². The molecule has 0 amide bonds. The SMILES string of the molecule is Cc1nnc(Cn2ccc3c(C=O)cccc32)o1. The number of carbonyl (C=O) groups is 1. The zero-order valence-corrected chi connectivity index (χ0v) is 9.83. The highest BCUT2D eigenvalue weighted by Gasteiger charge is 2.08. The van der Waals surface area contributed by atoms with E-state index in [2.05, 4.69) is 10.2 Å². The van der Waals surface area contributed by atoms with Crippen LogP contribution in [-0.4, -0.2) is 21.1 Å². The molecule has 18 heavy (non-hydrogen) atoms. The van der Waals surface area contributed by atoms with Crippen LogP contribution in [0.1, 0.15) is 22.1 Å². The summed E-state index contributed by atoms with van der Waals surface area (Å²) < 4.78 is 7.33. The monoisotopic (exact) mass is 241 g/mol. The Hall–Kier alpha value is -2.43. The van der Waals surface area contributed by atoms with Gasteiger partial charge in [0.15, 0.2) is 6.29 Å². The molecule has 0 bridgehead atoms. The van der Waals surface area contributed by atoms with Gasteiger partial charge < -0.3 is 8.98 Å². The second-order valence-electron chi connectivity index (χ2n) is 4.06. The summed E-state index contributed by atoms with van der Waals surface area (Å²) in [6, 6.07) is 7.55. The summed E-state index contributed by atoms with van der Waals surface area (Å²) in [5.74, 6) is 1.11. The van der Waals surface area contributed by atoms with Crippen LogP contribution in [-0.2, 0) is 6.54 Å². The molecule has 0 unspecified atom stereocenters. The van der Waals surface area contributed by atoms with Crippen molar-refractivity contribution >= 4 is 17.2 Å². The summed E-state index contributed by atoms with van der Waals surface area (Å²) in [4.78, 5) is 10.9. The molecule has 3 aromatic rings. The van der Waals surface area contributed by atoms with Gasteiger partial charge in [0.05, 0.1) is 0 Å². The summed E-state index contributed by atoms with van der Waals surface area (Å²) in [6.45, 7) is 2.27. The smallest absolute Gasteiger partial charge is 0.236 e. The van der Waals surface area contributed by atoms with Crippen LogP contribution in [0.5, 0.6) is 0 Å². The molecule has 0 saturated heterocycles. The first-order valence-electron chi connectivity index (χ1n) is 5.60. The Labute approximate surface area is 103 Å². The second-order valence-corrected chi connectivity index (χ2v) is 4.06. The number of nitrogens with zero attached hydrogens (tertiary/aromatic N) is 3. The molecule has 0 fully saturated rings. The maximum absolute atomic E-state index is 10.9. The van der Waals surface area contributed by atoms with Crippen molar-refractivity contribution in [2.45, 2.75) is 13.5 Å². The molecule has 1 aromatic carbocycles. The van der Waals surface area contributed by atoms with Crippen molar-refractivity contribution in [3.05, 3.63) is 47.8 Å². The van der Waals surface area contributed by atoms with Gasteiger partial charge in [0, 0.05) is 29.6 Å². The zero-order chi connectivity index (χ0) is 12.5. The van der Waals surface area contributed by atoms with Gasteiger partial charge in [-0.3, -0.25) is 4.79 Å². The lowest BCUT2D eigenvalue weighted by Gasteiger charge is -2.02. The third-order valence-corrected chi connectivity index (χ3v) is 2.85. The number of hydrogen-bond acceptors (Lipinski definition) is 4. The zero-order valence-electron chi connectivity index (χ0n) is 9.83. The fourth-order valence-corrected chi connectivity index (χ4v) is 2.04. The molecule has 0 saturated carbocycles. The lowest BCUT2D eigenvalue weighted by molar-refractivity contribution is 0.112. The minimum atomic E-state index is 0.507. The van der Waals surface area contributed by atoms with E-state index in [0.29, 0.717) is 23.9 Å². The molecule has 0 aliphatic carbocycles. The van der Waals surface area contributed by atoms with Crippen molar-refractivity contribution in [2.75, 3.05) is 0 Å². The number of hydrogen-bond donors (Lipinski definition) is 0. The van der Waals surface area contributed by atoms with Crippen molar-refractivity contribution < 1.29 is 9.21 Å². The van der Waals surface area contributed by atoms with Crippen LogP contribution in [0.25, 0.3) is 10.9 Å².